The van der Waals surface area contributed by atoms with Crippen molar-refractivity contribution in [2.45, 2.75) is 12.6 Å². The van der Waals surface area contributed by atoms with Gasteiger partial charge in [-0.25, -0.2) is 4.39 Å². The molecule has 32 heavy (non-hydrogen) atoms. The molecule has 0 saturated carbocycles. The summed E-state index contributed by atoms with van der Waals surface area (Å²) in [6, 6.07) is 20.4. The van der Waals surface area contributed by atoms with Crippen molar-refractivity contribution in [3.8, 4) is 5.69 Å². The molecule has 8 heteroatoms. The van der Waals surface area contributed by atoms with Crippen molar-refractivity contribution in [2.75, 3.05) is 6.54 Å². The Morgan fingerprint density at radius 2 is 1.78 bits per heavy atom. The molecule has 0 aliphatic carbocycles. The van der Waals surface area contributed by atoms with Crippen molar-refractivity contribution in [3.05, 3.63) is 118 Å². The van der Waals surface area contributed by atoms with Gasteiger partial charge in [0.2, 0.25) is 0 Å². The first-order chi connectivity index (χ1) is 15.5. The van der Waals surface area contributed by atoms with Gasteiger partial charge < -0.3 is 14.4 Å². The van der Waals surface area contributed by atoms with Gasteiger partial charge in [-0.3, -0.25) is 9.59 Å². The summed E-state index contributed by atoms with van der Waals surface area (Å²) < 4.78 is 19.6. The lowest BCUT2D eigenvalue weighted by atomic mass is 10.1. The number of halogens is 1. The molecule has 1 amide bonds. The average Bonchev–Trinajstić information content (AvgIpc) is 3.35. The van der Waals surface area contributed by atoms with E-state index in [9.17, 15) is 19.1 Å². The van der Waals surface area contributed by atoms with Crippen molar-refractivity contribution in [3.63, 3.8) is 0 Å². The van der Waals surface area contributed by atoms with Crippen LogP contribution in [0, 0.1) is 5.82 Å². The highest BCUT2D eigenvalue weighted by molar-refractivity contribution is 5.92. The summed E-state index contributed by atoms with van der Waals surface area (Å²) >= 11 is 0. The van der Waals surface area contributed by atoms with Crippen molar-refractivity contribution in [2.24, 2.45) is 0 Å². The number of benzene rings is 2. The Kier molecular flexibility index (Phi) is 6.23. The number of aromatic nitrogens is 2. The third-order valence-electron chi connectivity index (χ3n) is 4.86. The fourth-order valence-corrected chi connectivity index (χ4v) is 3.26. The van der Waals surface area contributed by atoms with Crippen molar-refractivity contribution < 1.29 is 18.7 Å². The van der Waals surface area contributed by atoms with E-state index in [0.29, 0.717) is 11.4 Å². The number of rotatable bonds is 7. The van der Waals surface area contributed by atoms with Gasteiger partial charge >= 0.3 is 0 Å². The van der Waals surface area contributed by atoms with Crippen LogP contribution in [0.5, 0.6) is 0 Å². The summed E-state index contributed by atoms with van der Waals surface area (Å²) in [6.45, 7) is 0.174. The fourth-order valence-electron chi connectivity index (χ4n) is 3.26. The maximum Gasteiger partial charge on any atom is 0.274 e. The molecule has 1 N–H and O–H groups in total. The van der Waals surface area contributed by atoms with Crippen LogP contribution < -0.4 is 5.56 Å². The van der Waals surface area contributed by atoms with Crippen LogP contribution in [0.4, 0.5) is 4.39 Å². The topological polar surface area (TPSA) is 88.6 Å². The van der Waals surface area contributed by atoms with E-state index in [-0.39, 0.29) is 18.8 Å². The van der Waals surface area contributed by atoms with Crippen LogP contribution in [0.25, 0.3) is 5.69 Å². The second-order valence-corrected chi connectivity index (χ2v) is 7.15. The summed E-state index contributed by atoms with van der Waals surface area (Å²) in [7, 11) is 0. The van der Waals surface area contributed by atoms with Crippen molar-refractivity contribution in [1.82, 2.24) is 14.7 Å². The number of nitrogens with zero attached hydrogens (tertiary/aromatic N) is 3. The van der Waals surface area contributed by atoms with Crippen LogP contribution in [-0.2, 0) is 6.54 Å². The summed E-state index contributed by atoms with van der Waals surface area (Å²) in [5.74, 6) is -0.592. The standard InChI is InChI=1S/C24H20FN3O4/c25-18-8-10-19(11-9-18)28-23(30)13-12-20(26-28)24(31)27(15-17-5-2-1-3-6-17)16-21(29)22-7-4-14-32-22/h1-14,21,29H,15-16H2. The Morgan fingerprint density at radius 1 is 1.03 bits per heavy atom. The van der Waals surface area contributed by atoms with Gasteiger partial charge in [-0.1, -0.05) is 30.3 Å². The molecule has 0 saturated heterocycles. The van der Waals surface area contributed by atoms with Gasteiger partial charge in [0.25, 0.3) is 11.5 Å². The van der Waals surface area contributed by atoms with Crippen LogP contribution in [0.15, 0.2) is 94.3 Å². The number of hydrogen-bond acceptors (Lipinski definition) is 5. The predicted molar refractivity (Wildman–Crippen MR) is 115 cm³/mol. The Balaban J connectivity index is 1.66. The van der Waals surface area contributed by atoms with E-state index in [1.165, 1.54) is 47.6 Å². The van der Waals surface area contributed by atoms with Crippen LogP contribution in [0.2, 0.25) is 0 Å². The van der Waals surface area contributed by atoms with Gasteiger partial charge in [0.1, 0.15) is 23.4 Å². The maximum atomic E-state index is 13.3. The number of aliphatic hydroxyl groups is 1. The van der Waals surface area contributed by atoms with E-state index in [0.717, 1.165) is 10.2 Å². The largest absolute Gasteiger partial charge is 0.467 e. The Morgan fingerprint density at radius 3 is 2.47 bits per heavy atom. The molecule has 4 aromatic rings. The molecule has 162 valence electrons. The van der Waals surface area contributed by atoms with E-state index >= 15 is 0 Å². The van der Waals surface area contributed by atoms with Gasteiger partial charge in [0, 0.05) is 12.6 Å². The lowest BCUT2D eigenvalue weighted by Crippen LogP contribution is -2.36. The van der Waals surface area contributed by atoms with Crippen LogP contribution >= 0.6 is 0 Å². The normalized spacial score (nSPS) is 11.8. The zero-order valence-electron chi connectivity index (χ0n) is 17.0. The number of furan rings is 1. The third-order valence-corrected chi connectivity index (χ3v) is 4.86. The molecule has 0 spiro atoms. The maximum absolute atomic E-state index is 13.3. The molecular weight excluding hydrogens is 413 g/mol. The van der Waals surface area contributed by atoms with E-state index in [1.807, 2.05) is 30.3 Å². The first-order valence-corrected chi connectivity index (χ1v) is 9.92. The molecule has 0 fully saturated rings. The summed E-state index contributed by atoms with van der Waals surface area (Å²) in [5, 5.41) is 14.7. The molecule has 2 aromatic heterocycles. The van der Waals surface area contributed by atoms with Gasteiger partial charge in [0.15, 0.2) is 0 Å². The first-order valence-electron chi connectivity index (χ1n) is 9.92. The number of amides is 1. The molecule has 2 heterocycles. The molecule has 1 unspecified atom stereocenters. The monoisotopic (exact) mass is 433 g/mol. The number of aliphatic hydroxyl groups excluding tert-OH is 1. The number of carbonyl (C=O) groups is 1. The van der Waals surface area contributed by atoms with E-state index < -0.39 is 23.4 Å². The van der Waals surface area contributed by atoms with Gasteiger partial charge in [-0.05, 0) is 48.0 Å². The highest BCUT2D eigenvalue weighted by Crippen LogP contribution is 2.18. The molecular formula is C24H20FN3O4. The van der Waals surface area contributed by atoms with Gasteiger partial charge in [-0.15, -0.1) is 0 Å². The highest BCUT2D eigenvalue weighted by atomic mass is 19.1. The van der Waals surface area contributed by atoms with E-state index in [1.54, 1.807) is 12.1 Å². The van der Waals surface area contributed by atoms with Gasteiger partial charge in [0.05, 0.1) is 18.5 Å². The Labute approximate surface area is 183 Å². The minimum Gasteiger partial charge on any atom is -0.467 e. The van der Waals surface area contributed by atoms with E-state index in [2.05, 4.69) is 5.10 Å². The van der Waals surface area contributed by atoms with Crippen molar-refractivity contribution in [1.29, 1.82) is 0 Å². The summed E-state index contributed by atoms with van der Waals surface area (Å²) in [6.07, 6.45) is 0.405. The van der Waals surface area contributed by atoms with Crippen LogP contribution in [0.3, 0.4) is 0 Å². The highest BCUT2D eigenvalue weighted by Gasteiger charge is 2.23. The molecule has 7 nitrogen and oxygen atoms in total. The molecule has 0 radical (unpaired) electrons. The van der Waals surface area contributed by atoms with Crippen molar-refractivity contribution >= 4 is 5.91 Å². The average molecular weight is 433 g/mol. The molecule has 0 aliphatic heterocycles. The zero-order chi connectivity index (χ0) is 22.5. The summed E-state index contributed by atoms with van der Waals surface area (Å²) in [4.78, 5) is 27.1. The summed E-state index contributed by atoms with van der Waals surface area (Å²) in [5.41, 5.74) is 0.741. The number of carbonyl (C=O) groups excluding carboxylic acids is 1. The molecule has 4 rings (SSSR count). The lowest BCUT2D eigenvalue weighted by molar-refractivity contribution is 0.0556. The minimum atomic E-state index is -1.04. The number of hydrogen-bond donors (Lipinski definition) is 1. The molecule has 0 bridgehead atoms. The SMILES string of the molecule is O=C(c1ccc(=O)n(-c2ccc(F)cc2)n1)N(Cc1ccccc1)CC(O)c1ccco1. The quantitative estimate of drug-likeness (QED) is 0.483. The van der Waals surface area contributed by atoms with Gasteiger partial charge in [-0.2, -0.15) is 9.78 Å². The zero-order valence-corrected chi connectivity index (χ0v) is 17.0. The van der Waals surface area contributed by atoms with E-state index in [4.69, 9.17) is 4.42 Å². The predicted octanol–water partition coefficient (Wildman–Crippen LogP) is 3.34. The molecule has 2 aromatic carbocycles. The first kappa shape index (κ1) is 21.2. The Bertz CT molecular complexity index is 1240. The fraction of sp³-hybridized carbons (Fsp3) is 0.125. The smallest absolute Gasteiger partial charge is 0.274 e. The Hall–Kier alpha value is -4.04. The minimum absolute atomic E-state index is 0.0106. The molecule has 0 aliphatic rings. The van der Waals surface area contributed by atoms with Crippen LogP contribution in [0.1, 0.15) is 27.9 Å². The van der Waals surface area contributed by atoms with Crippen LogP contribution in [-0.4, -0.2) is 32.2 Å². The lowest BCUT2D eigenvalue weighted by Gasteiger charge is -2.24. The molecule has 1 atom stereocenters. The second kappa shape index (κ2) is 9.40. The second-order valence-electron chi connectivity index (χ2n) is 7.15. The third kappa shape index (κ3) is 4.81.